The molecule has 0 spiro atoms. The van der Waals surface area contributed by atoms with E-state index in [0.29, 0.717) is 6.04 Å². The highest BCUT2D eigenvalue weighted by molar-refractivity contribution is 5.83. The minimum atomic E-state index is 0.495. The fraction of sp³-hybridized carbons (Fsp3) is 0.318. The summed E-state index contributed by atoms with van der Waals surface area (Å²) in [6.45, 7) is 4.25. The predicted octanol–water partition coefficient (Wildman–Crippen LogP) is 2.82. The van der Waals surface area contributed by atoms with E-state index in [-0.39, 0.29) is 0 Å². The number of aromatic nitrogens is 2. The summed E-state index contributed by atoms with van der Waals surface area (Å²) in [6, 6.07) is 13.0. The zero-order chi connectivity index (χ0) is 17.6. The molecule has 0 aliphatic carbocycles. The van der Waals surface area contributed by atoms with Gasteiger partial charge in [-0.3, -0.25) is 9.88 Å². The Morgan fingerprint density at radius 2 is 2.15 bits per heavy atom. The Morgan fingerprint density at radius 3 is 3.08 bits per heavy atom. The quantitative estimate of drug-likeness (QED) is 0.716. The fourth-order valence-corrected chi connectivity index (χ4v) is 3.62. The maximum absolute atomic E-state index is 4.10. The first-order valence-electron chi connectivity index (χ1n) is 9.28. The van der Waals surface area contributed by atoms with Gasteiger partial charge in [-0.25, -0.2) is 0 Å². The van der Waals surface area contributed by atoms with Crippen LogP contribution in [-0.4, -0.2) is 47.1 Å². The molecule has 1 aromatic carbocycles. The highest BCUT2D eigenvalue weighted by atomic mass is 15.2. The van der Waals surface area contributed by atoms with E-state index in [0.717, 1.165) is 44.6 Å². The van der Waals surface area contributed by atoms with Gasteiger partial charge < -0.3 is 10.3 Å². The third kappa shape index (κ3) is 4.13. The zero-order valence-electron chi connectivity index (χ0n) is 14.9. The number of nitrogens with one attached hydrogen (secondary N) is 2. The lowest BCUT2D eigenvalue weighted by Gasteiger charge is -2.33. The highest BCUT2D eigenvalue weighted by Gasteiger charge is 2.20. The van der Waals surface area contributed by atoms with Gasteiger partial charge in [-0.2, -0.15) is 0 Å². The highest BCUT2D eigenvalue weighted by Crippen LogP contribution is 2.19. The number of aromatic amines is 1. The first kappa shape index (κ1) is 16.8. The smallest absolute Gasteiger partial charge is 0.0456 e. The minimum Gasteiger partial charge on any atom is -0.361 e. The van der Waals surface area contributed by atoms with Crippen LogP contribution in [0.2, 0.25) is 0 Å². The largest absolute Gasteiger partial charge is 0.361 e. The molecule has 4 heteroatoms. The molecule has 1 atom stereocenters. The van der Waals surface area contributed by atoms with Crippen molar-refractivity contribution in [2.45, 2.75) is 18.9 Å². The Kier molecular flexibility index (Phi) is 5.30. The number of hydrogen-bond donors (Lipinski definition) is 2. The van der Waals surface area contributed by atoms with Gasteiger partial charge in [0.2, 0.25) is 0 Å². The van der Waals surface area contributed by atoms with E-state index in [1.807, 2.05) is 18.3 Å². The van der Waals surface area contributed by atoms with E-state index in [9.17, 15) is 0 Å². The molecule has 2 aromatic heterocycles. The van der Waals surface area contributed by atoms with Gasteiger partial charge in [-0.1, -0.05) is 30.0 Å². The second-order valence-electron chi connectivity index (χ2n) is 6.81. The Hall–Kier alpha value is -2.61. The standard InChI is InChI=1S/C22H24N4/c1-2-9-22-21(8-1)19(16-25-22)14-20-17-26(13-11-24-20)12-4-3-6-18-7-5-10-23-15-18/h1-2,5,7-10,15-16,20,24-25H,4,11-14,17H2. The number of fused-ring (bicyclic) bond motifs is 1. The van der Waals surface area contributed by atoms with Gasteiger partial charge in [-0.05, 0) is 30.2 Å². The molecule has 0 radical (unpaired) electrons. The van der Waals surface area contributed by atoms with Crippen molar-refractivity contribution in [3.05, 3.63) is 66.1 Å². The molecule has 1 aliphatic heterocycles. The van der Waals surface area contributed by atoms with Crippen molar-refractivity contribution in [2.24, 2.45) is 0 Å². The molecule has 1 fully saturated rings. The predicted molar refractivity (Wildman–Crippen MR) is 106 cm³/mol. The van der Waals surface area contributed by atoms with Crippen molar-refractivity contribution in [3.63, 3.8) is 0 Å². The Morgan fingerprint density at radius 1 is 1.19 bits per heavy atom. The van der Waals surface area contributed by atoms with Crippen LogP contribution in [0.5, 0.6) is 0 Å². The lowest BCUT2D eigenvalue weighted by Crippen LogP contribution is -2.51. The normalized spacial score (nSPS) is 17.8. The number of nitrogens with zero attached hydrogens (tertiary/aromatic N) is 2. The third-order valence-corrected chi connectivity index (χ3v) is 4.93. The summed E-state index contributed by atoms with van der Waals surface area (Å²) in [5, 5.41) is 5.01. The molecule has 1 aliphatic rings. The van der Waals surface area contributed by atoms with Gasteiger partial charge >= 0.3 is 0 Å². The number of rotatable bonds is 4. The summed E-state index contributed by atoms with van der Waals surface area (Å²) >= 11 is 0. The van der Waals surface area contributed by atoms with E-state index < -0.39 is 0 Å². The SMILES string of the molecule is C(#Cc1cccnc1)CCN1CCNC(Cc2c[nH]c3ccccc23)C1. The van der Waals surface area contributed by atoms with E-state index in [4.69, 9.17) is 0 Å². The van der Waals surface area contributed by atoms with Crippen molar-refractivity contribution < 1.29 is 0 Å². The number of para-hydroxylation sites is 1. The van der Waals surface area contributed by atoms with E-state index in [2.05, 4.69) is 62.5 Å². The average molecular weight is 344 g/mol. The number of hydrogen-bond acceptors (Lipinski definition) is 3. The molecular weight excluding hydrogens is 320 g/mol. The molecule has 0 amide bonds. The van der Waals surface area contributed by atoms with E-state index in [1.165, 1.54) is 16.5 Å². The van der Waals surface area contributed by atoms with Crippen LogP contribution < -0.4 is 5.32 Å². The van der Waals surface area contributed by atoms with Gasteiger partial charge in [0, 0.05) is 73.7 Å². The molecule has 0 saturated carbocycles. The maximum Gasteiger partial charge on any atom is 0.0456 e. The van der Waals surface area contributed by atoms with Crippen LogP contribution in [0, 0.1) is 11.8 Å². The zero-order valence-corrected chi connectivity index (χ0v) is 14.9. The van der Waals surface area contributed by atoms with Crippen LogP contribution in [0.1, 0.15) is 17.5 Å². The number of H-pyrrole nitrogens is 1. The van der Waals surface area contributed by atoms with Crippen molar-refractivity contribution in [2.75, 3.05) is 26.2 Å². The molecule has 4 nitrogen and oxygen atoms in total. The second kappa shape index (κ2) is 8.18. The summed E-state index contributed by atoms with van der Waals surface area (Å²) < 4.78 is 0. The molecule has 132 valence electrons. The minimum absolute atomic E-state index is 0.495. The number of piperazine rings is 1. The molecule has 0 bridgehead atoms. The van der Waals surface area contributed by atoms with Crippen LogP contribution >= 0.6 is 0 Å². The van der Waals surface area contributed by atoms with E-state index in [1.54, 1.807) is 6.20 Å². The molecule has 1 saturated heterocycles. The van der Waals surface area contributed by atoms with Crippen LogP contribution in [0.3, 0.4) is 0 Å². The first-order valence-corrected chi connectivity index (χ1v) is 9.28. The molecule has 2 N–H and O–H groups in total. The van der Waals surface area contributed by atoms with Gasteiger partial charge in [0.15, 0.2) is 0 Å². The van der Waals surface area contributed by atoms with Crippen molar-refractivity contribution in [3.8, 4) is 11.8 Å². The molecular formula is C22H24N4. The Bertz CT molecular complexity index is 904. The van der Waals surface area contributed by atoms with Crippen molar-refractivity contribution >= 4 is 10.9 Å². The maximum atomic E-state index is 4.10. The average Bonchev–Trinajstić information content (AvgIpc) is 3.09. The molecule has 26 heavy (non-hydrogen) atoms. The van der Waals surface area contributed by atoms with Crippen LogP contribution in [0.4, 0.5) is 0 Å². The van der Waals surface area contributed by atoms with Gasteiger partial charge in [-0.15, -0.1) is 0 Å². The Labute approximate surface area is 154 Å². The molecule has 3 heterocycles. The topological polar surface area (TPSA) is 44.0 Å². The Balaban J connectivity index is 1.31. The van der Waals surface area contributed by atoms with Gasteiger partial charge in [0.25, 0.3) is 0 Å². The summed E-state index contributed by atoms with van der Waals surface area (Å²) in [7, 11) is 0. The van der Waals surface area contributed by atoms with Crippen molar-refractivity contribution in [1.82, 2.24) is 20.2 Å². The fourth-order valence-electron chi connectivity index (χ4n) is 3.62. The van der Waals surface area contributed by atoms with E-state index >= 15 is 0 Å². The summed E-state index contributed by atoms with van der Waals surface area (Å²) in [5.41, 5.74) is 3.61. The third-order valence-electron chi connectivity index (χ3n) is 4.93. The van der Waals surface area contributed by atoms with Crippen molar-refractivity contribution in [1.29, 1.82) is 0 Å². The van der Waals surface area contributed by atoms with Crippen LogP contribution in [0.15, 0.2) is 55.0 Å². The number of benzene rings is 1. The summed E-state index contributed by atoms with van der Waals surface area (Å²) in [4.78, 5) is 10.00. The lowest BCUT2D eigenvalue weighted by molar-refractivity contribution is 0.203. The second-order valence-corrected chi connectivity index (χ2v) is 6.81. The lowest BCUT2D eigenvalue weighted by atomic mass is 10.0. The molecule has 3 aromatic rings. The molecule has 4 rings (SSSR count). The number of pyridine rings is 1. The van der Waals surface area contributed by atoms with Crippen LogP contribution in [0.25, 0.3) is 10.9 Å². The summed E-state index contributed by atoms with van der Waals surface area (Å²) in [6.07, 6.45) is 7.70. The molecule has 1 unspecified atom stereocenters. The van der Waals surface area contributed by atoms with Gasteiger partial charge in [0.05, 0.1) is 0 Å². The van der Waals surface area contributed by atoms with Gasteiger partial charge in [0.1, 0.15) is 0 Å². The summed E-state index contributed by atoms with van der Waals surface area (Å²) in [5.74, 6) is 6.47. The van der Waals surface area contributed by atoms with Crippen LogP contribution in [-0.2, 0) is 6.42 Å². The first-order chi connectivity index (χ1) is 12.9. The monoisotopic (exact) mass is 344 g/mol.